The monoisotopic (exact) mass is 278 g/mol. The summed E-state index contributed by atoms with van der Waals surface area (Å²) in [7, 11) is 1.50. The van der Waals surface area contributed by atoms with Crippen LogP contribution >= 0.6 is 0 Å². The summed E-state index contributed by atoms with van der Waals surface area (Å²) in [6, 6.07) is 0.520. The van der Waals surface area contributed by atoms with Crippen LogP contribution in [0.1, 0.15) is 36.5 Å². The number of carbonyl (C=O) groups excluding carboxylic acids is 1. The number of amides is 1. The molecule has 1 aromatic heterocycles. The minimum absolute atomic E-state index is 0.110. The van der Waals surface area contributed by atoms with Crippen molar-refractivity contribution >= 4 is 5.91 Å². The van der Waals surface area contributed by atoms with E-state index in [1.54, 1.807) is 0 Å². The summed E-state index contributed by atoms with van der Waals surface area (Å²) in [5.41, 5.74) is 0.474. The third kappa shape index (κ3) is 3.90. The second kappa shape index (κ2) is 7.19. The average molecular weight is 278 g/mol. The van der Waals surface area contributed by atoms with E-state index in [1.807, 2.05) is 0 Å². The fraction of sp³-hybridized carbons (Fsp3) is 0.643. The van der Waals surface area contributed by atoms with Crippen molar-refractivity contribution in [2.75, 3.05) is 26.7 Å². The van der Waals surface area contributed by atoms with Gasteiger partial charge in [-0.2, -0.15) is 0 Å². The molecule has 0 aromatic carbocycles. The molecule has 0 radical (unpaired) electrons. The molecule has 2 heterocycles. The van der Waals surface area contributed by atoms with Gasteiger partial charge >= 0.3 is 6.01 Å². The van der Waals surface area contributed by atoms with Crippen molar-refractivity contribution in [2.24, 2.45) is 0 Å². The third-order valence-corrected chi connectivity index (χ3v) is 3.54. The van der Waals surface area contributed by atoms with Crippen LogP contribution in [0.3, 0.4) is 0 Å². The van der Waals surface area contributed by atoms with Crippen LogP contribution in [0, 0.1) is 0 Å². The van der Waals surface area contributed by atoms with E-state index in [1.165, 1.54) is 25.9 Å². The molecule has 110 valence electrons. The van der Waals surface area contributed by atoms with E-state index in [4.69, 9.17) is 4.74 Å². The van der Waals surface area contributed by atoms with Gasteiger partial charge in [0.05, 0.1) is 12.7 Å². The molecule has 0 spiro atoms. The highest BCUT2D eigenvalue weighted by Gasteiger charge is 2.20. The Bertz CT molecular complexity index is 427. The maximum atomic E-state index is 12.1. The first-order valence-corrected chi connectivity index (χ1v) is 7.12. The van der Waals surface area contributed by atoms with E-state index in [9.17, 15) is 4.79 Å². The fourth-order valence-corrected chi connectivity index (χ4v) is 2.42. The zero-order valence-corrected chi connectivity index (χ0v) is 12.1. The number of piperidine rings is 1. The Labute approximate surface area is 119 Å². The van der Waals surface area contributed by atoms with Gasteiger partial charge in [0.2, 0.25) is 0 Å². The maximum absolute atomic E-state index is 12.1. The second-order valence-electron chi connectivity index (χ2n) is 5.05. The third-order valence-electron chi connectivity index (χ3n) is 3.54. The molecule has 0 saturated carbocycles. The first-order chi connectivity index (χ1) is 9.72. The fourth-order valence-electron chi connectivity index (χ4n) is 2.42. The van der Waals surface area contributed by atoms with Crippen molar-refractivity contribution in [3.63, 3.8) is 0 Å². The molecular weight excluding hydrogens is 256 g/mol. The number of hydrogen-bond donors (Lipinski definition) is 1. The number of aromatic nitrogens is 2. The Hall–Kier alpha value is -1.69. The largest absolute Gasteiger partial charge is 0.467 e. The second-order valence-corrected chi connectivity index (χ2v) is 5.05. The molecule has 1 fully saturated rings. The standard InChI is InChI=1S/C14H22N4O2/c1-3-6-18-7-4-12(5-8-18)17-13(19)11-9-15-14(20-2)16-10-11/h9-10,12H,3-8H2,1-2H3,(H,17,19). The molecule has 1 N–H and O–H groups in total. The molecule has 1 aliphatic heterocycles. The Kier molecular flexibility index (Phi) is 5.29. The highest BCUT2D eigenvalue weighted by atomic mass is 16.5. The van der Waals surface area contributed by atoms with E-state index in [0.29, 0.717) is 5.56 Å². The van der Waals surface area contributed by atoms with Crippen molar-refractivity contribution in [1.29, 1.82) is 0 Å². The molecular formula is C14H22N4O2. The predicted molar refractivity (Wildman–Crippen MR) is 75.8 cm³/mol. The zero-order valence-electron chi connectivity index (χ0n) is 12.1. The first-order valence-electron chi connectivity index (χ1n) is 7.12. The van der Waals surface area contributed by atoms with E-state index >= 15 is 0 Å². The van der Waals surface area contributed by atoms with Gasteiger partial charge in [0, 0.05) is 31.5 Å². The van der Waals surface area contributed by atoms with E-state index < -0.39 is 0 Å². The van der Waals surface area contributed by atoms with Crippen molar-refractivity contribution < 1.29 is 9.53 Å². The summed E-state index contributed by atoms with van der Waals surface area (Å²) in [5.74, 6) is -0.110. The molecule has 1 saturated heterocycles. The maximum Gasteiger partial charge on any atom is 0.316 e. The van der Waals surface area contributed by atoms with Crippen LogP contribution in [-0.2, 0) is 0 Å². The molecule has 1 amide bonds. The number of nitrogens with zero attached hydrogens (tertiary/aromatic N) is 3. The summed E-state index contributed by atoms with van der Waals surface area (Å²) in [6.07, 6.45) is 6.17. The molecule has 0 atom stereocenters. The van der Waals surface area contributed by atoms with Gasteiger partial charge in [0.15, 0.2) is 0 Å². The van der Waals surface area contributed by atoms with E-state index in [2.05, 4.69) is 27.1 Å². The summed E-state index contributed by atoms with van der Waals surface area (Å²) in [4.78, 5) is 22.4. The van der Waals surface area contributed by atoms with Gasteiger partial charge < -0.3 is 15.0 Å². The van der Waals surface area contributed by atoms with Crippen LogP contribution in [0.25, 0.3) is 0 Å². The van der Waals surface area contributed by atoms with Gasteiger partial charge in [0.1, 0.15) is 0 Å². The minimum Gasteiger partial charge on any atom is -0.467 e. The Balaban J connectivity index is 1.82. The molecule has 6 nitrogen and oxygen atoms in total. The zero-order chi connectivity index (χ0) is 14.4. The summed E-state index contributed by atoms with van der Waals surface area (Å²) < 4.78 is 4.87. The number of ether oxygens (including phenoxy) is 1. The molecule has 0 bridgehead atoms. The summed E-state index contributed by atoms with van der Waals surface area (Å²) in [6.45, 7) is 5.44. The number of rotatable bonds is 5. The van der Waals surface area contributed by atoms with Crippen molar-refractivity contribution in [1.82, 2.24) is 20.2 Å². The average Bonchev–Trinajstić information content (AvgIpc) is 2.49. The lowest BCUT2D eigenvalue weighted by atomic mass is 10.0. The van der Waals surface area contributed by atoms with Crippen LogP contribution in [-0.4, -0.2) is 53.6 Å². The SMILES string of the molecule is CCCN1CCC(NC(=O)c2cnc(OC)nc2)CC1. The van der Waals surface area contributed by atoms with Crippen LogP contribution in [0.2, 0.25) is 0 Å². The van der Waals surface area contributed by atoms with Crippen molar-refractivity contribution in [3.05, 3.63) is 18.0 Å². The Morgan fingerprint density at radius 3 is 2.60 bits per heavy atom. The summed E-state index contributed by atoms with van der Waals surface area (Å²) in [5, 5.41) is 3.05. The molecule has 0 aliphatic carbocycles. The van der Waals surface area contributed by atoms with Crippen molar-refractivity contribution in [3.8, 4) is 6.01 Å². The van der Waals surface area contributed by atoms with Crippen LogP contribution in [0.4, 0.5) is 0 Å². The number of methoxy groups -OCH3 is 1. The molecule has 1 aliphatic rings. The van der Waals surface area contributed by atoms with Gasteiger partial charge in [-0.05, 0) is 25.8 Å². The first kappa shape index (κ1) is 14.7. The lowest BCUT2D eigenvalue weighted by molar-refractivity contribution is 0.0910. The highest BCUT2D eigenvalue weighted by molar-refractivity contribution is 5.93. The van der Waals surface area contributed by atoms with Crippen LogP contribution < -0.4 is 10.1 Å². The molecule has 1 aromatic rings. The topological polar surface area (TPSA) is 67.4 Å². The van der Waals surface area contributed by atoms with Crippen LogP contribution in [0.15, 0.2) is 12.4 Å². The lowest BCUT2D eigenvalue weighted by Gasteiger charge is -2.32. The predicted octanol–water partition coefficient (Wildman–Crippen LogP) is 1.09. The minimum atomic E-state index is -0.110. The number of likely N-dealkylation sites (tertiary alicyclic amines) is 1. The molecule has 0 unspecified atom stereocenters. The van der Waals surface area contributed by atoms with Gasteiger partial charge in [-0.1, -0.05) is 6.92 Å². The van der Waals surface area contributed by atoms with Crippen LogP contribution in [0.5, 0.6) is 6.01 Å². The lowest BCUT2D eigenvalue weighted by Crippen LogP contribution is -2.44. The number of nitrogens with one attached hydrogen (secondary N) is 1. The van der Waals surface area contributed by atoms with Gasteiger partial charge in [0.25, 0.3) is 5.91 Å². The number of hydrogen-bond acceptors (Lipinski definition) is 5. The summed E-state index contributed by atoms with van der Waals surface area (Å²) >= 11 is 0. The van der Waals surface area contributed by atoms with E-state index in [0.717, 1.165) is 32.5 Å². The van der Waals surface area contributed by atoms with Gasteiger partial charge in [-0.3, -0.25) is 4.79 Å². The Morgan fingerprint density at radius 2 is 2.05 bits per heavy atom. The molecule has 2 rings (SSSR count). The van der Waals surface area contributed by atoms with Gasteiger partial charge in [-0.25, -0.2) is 9.97 Å². The Morgan fingerprint density at radius 1 is 1.40 bits per heavy atom. The molecule has 20 heavy (non-hydrogen) atoms. The number of carbonyl (C=O) groups is 1. The smallest absolute Gasteiger partial charge is 0.316 e. The normalized spacial score (nSPS) is 16.9. The van der Waals surface area contributed by atoms with Gasteiger partial charge in [-0.15, -0.1) is 0 Å². The molecule has 6 heteroatoms. The highest BCUT2D eigenvalue weighted by Crippen LogP contribution is 2.11. The van der Waals surface area contributed by atoms with Crippen molar-refractivity contribution in [2.45, 2.75) is 32.2 Å². The van der Waals surface area contributed by atoms with E-state index in [-0.39, 0.29) is 18.0 Å². The quantitative estimate of drug-likeness (QED) is 0.873.